The smallest absolute Gasteiger partial charge is 0.242 e. The van der Waals surface area contributed by atoms with Crippen molar-refractivity contribution in [2.45, 2.75) is 57.0 Å². The number of hydrogen-bond acceptors (Lipinski definition) is 5. The number of sulfonamides is 1. The molecule has 0 spiro atoms. The van der Waals surface area contributed by atoms with Crippen LogP contribution in [0.4, 0.5) is 0 Å². The van der Waals surface area contributed by atoms with E-state index in [1.54, 1.807) is 42.3 Å². The van der Waals surface area contributed by atoms with E-state index in [4.69, 9.17) is 4.74 Å². The van der Waals surface area contributed by atoms with Crippen LogP contribution >= 0.6 is 0 Å². The van der Waals surface area contributed by atoms with Gasteiger partial charge in [0.1, 0.15) is 11.8 Å². The highest BCUT2D eigenvalue weighted by molar-refractivity contribution is 7.89. The lowest BCUT2D eigenvalue weighted by molar-refractivity contribution is -0.141. The van der Waals surface area contributed by atoms with E-state index in [0.29, 0.717) is 25.1 Å². The van der Waals surface area contributed by atoms with Gasteiger partial charge < -0.3 is 15.0 Å². The van der Waals surface area contributed by atoms with Crippen molar-refractivity contribution in [1.82, 2.24) is 14.5 Å². The first-order valence-electron chi connectivity index (χ1n) is 12.0. The van der Waals surface area contributed by atoms with Gasteiger partial charge in [0, 0.05) is 33.1 Å². The number of benzene rings is 2. The summed E-state index contributed by atoms with van der Waals surface area (Å²) >= 11 is 0. The number of hydrogen-bond donors (Lipinski definition) is 1. The maximum Gasteiger partial charge on any atom is 0.242 e. The van der Waals surface area contributed by atoms with Gasteiger partial charge in [-0.05, 0) is 49.1 Å². The molecule has 192 valence electrons. The largest absolute Gasteiger partial charge is 0.497 e. The molecule has 0 aliphatic heterocycles. The van der Waals surface area contributed by atoms with Crippen LogP contribution in [0, 0.1) is 0 Å². The third-order valence-electron chi connectivity index (χ3n) is 5.74. The Kier molecular flexibility index (Phi) is 11.2. The monoisotopic (exact) mass is 503 g/mol. The second kappa shape index (κ2) is 13.8. The third-order valence-corrected chi connectivity index (χ3v) is 7.61. The molecule has 0 heterocycles. The van der Waals surface area contributed by atoms with Gasteiger partial charge >= 0.3 is 0 Å². The number of nitrogens with one attached hydrogen (secondary N) is 1. The third kappa shape index (κ3) is 8.07. The molecule has 9 heteroatoms. The van der Waals surface area contributed by atoms with Gasteiger partial charge in [0.05, 0.1) is 12.0 Å². The van der Waals surface area contributed by atoms with Crippen LogP contribution in [0.15, 0.2) is 59.5 Å². The van der Waals surface area contributed by atoms with Crippen molar-refractivity contribution in [1.29, 1.82) is 0 Å². The molecule has 0 unspecified atom stereocenters. The fraction of sp³-hybridized carbons (Fsp3) is 0.462. The van der Waals surface area contributed by atoms with E-state index < -0.39 is 16.1 Å². The number of amides is 2. The number of carbonyl (C=O) groups excluding carboxylic acids is 2. The van der Waals surface area contributed by atoms with E-state index in [1.807, 2.05) is 38.1 Å². The van der Waals surface area contributed by atoms with Crippen molar-refractivity contribution < 1.29 is 22.7 Å². The first kappa shape index (κ1) is 28.3. The van der Waals surface area contributed by atoms with Crippen molar-refractivity contribution in [3.8, 4) is 5.75 Å². The molecule has 0 saturated carbocycles. The molecule has 1 N–H and O–H groups in total. The molecule has 35 heavy (non-hydrogen) atoms. The molecule has 2 aromatic carbocycles. The standard InChI is InChI=1S/C26H37N3O5S/c1-5-17-27-26(31)24(6-2)29(20-21-12-10-13-22(19-21)34-4)25(30)16-11-18-28(3)35(32,33)23-14-8-7-9-15-23/h7-10,12-15,19,24H,5-6,11,16-18,20H2,1-4H3,(H,27,31)/t24-/m1/s1. The van der Waals surface area contributed by atoms with Gasteiger partial charge in [-0.2, -0.15) is 0 Å². The minimum atomic E-state index is -3.63. The van der Waals surface area contributed by atoms with Crippen LogP contribution in [0.1, 0.15) is 45.1 Å². The Bertz CT molecular complexity index is 1060. The Balaban J connectivity index is 2.13. The average Bonchev–Trinajstić information content (AvgIpc) is 2.87. The van der Waals surface area contributed by atoms with Crippen molar-refractivity contribution in [3.63, 3.8) is 0 Å². The zero-order valence-electron chi connectivity index (χ0n) is 21.1. The van der Waals surface area contributed by atoms with Crippen LogP contribution in [-0.2, 0) is 26.2 Å². The van der Waals surface area contributed by atoms with Crippen molar-refractivity contribution >= 4 is 21.8 Å². The van der Waals surface area contributed by atoms with E-state index in [9.17, 15) is 18.0 Å². The van der Waals surface area contributed by atoms with E-state index in [-0.39, 0.29) is 36.2 Å². The molecule has 0 radical (unpaired) electrons. The van der Waals surface area contributed by atoms with Crippen LogP contribution in [0.2, 0.25) is 0 Å². The molecule has 0 aliphatic rings. The highest BCUT2D eigenvalue weighted by Crippen LogP contribution is 2.19. The van der Waals surface area contributed by atoms with Crippen LogP contribution < -0.4 is 10.1 Å². The molecular formula is C26H37N3O5S. The van der Waals surface area contributed by atoms with Crippen LogP contribution in [-0.4, -0.2) is 62.7 Å². The molecule has 2 aromatic rings. The van der Waals surface area contributed by atoms with Gasteiger partial charge in [-0.3, -0.25) is 9.59 Å². The van der Waals surface area contributed by atoms with Crippen molar-refractivity contribution in [3.05, 3.63) is 60.2 Å². The summed E-state index contributed by atoms with van der Waals surface area (Å²) in [5.74, 6) is 0.289. The molecule has 1 atom stereocenters. The Labute approximate surface area is 209 Å². The van der Waals surface area contributed by atoms with E-state index >= 15 is 0 Å². The fourth-order valence-electron chi connectivity index (χ4n) is 3.74. The normalized spacial score (nSPS) is 12.3. The molecule has 0 aromatic heterocycles. The zero-order valence-corrected chi connectivity index (χ0v) is 21.9. The summed E-state index contributed by atoms with van der Waals surface area (Å²) < 4.78 is 32.1. The lowest BCUT2D eigenvalue weighted by atomic mass is 10.1. The van der Waals surface area contributed by atoms with Gasteiger partial charge in [-0.15, -0.1) is 0 Å². The van der Waals surface area contributed by atoms with E-state index in [2.05, 4.69) is 5.32 Å². The van der Waals surface area contributed by atoms with Gasteiger partial charge in [-0.1, -0.05) is 44.2 Å². The average molecular weight is 504 g/mol. The molecule has 8 nitrogen and oxygen atoms in total. The summed E-state index contributed by atoms with van der Waals surface area (Å²) in [6.07, 6.45) is 1.72. The highest BCUT2D eigenvalue weighted by Gasteiger charge is 2.28. The van der Waals surface area contributed by atoms with Gasteiger partial charge in [0.25, 0.3) is 0 Å². The summed E-state index contributed by atoms with van der Waals surface area (Å²) in [5, 5.41) is 2.89. The lowest BCUT2D eigenvalue weighted by Crippen LogP contribution is -2.49. The fourth-order valence-corrected chi connectivity index (χ4v) is 4.97. The Morgan fingerprint density at radius 2 is 1.77 bits per heavy atom. The quantitative estimate of drug-likeness (QED) is 0.426. The number of rotatable bonds is 14. The SMILES string of the molecule is CCCNC(=O)[C@@H](CC)N(Cc1cccc(OC)c1)C(=O)CCCN(C)S(=O)(=O)c1ccccc1. The van der Waals surface area contributed by atoms with Gasteiger partial charge in [0.15, 0.2) is 0 Å². The second-order valence-electron chi connectivity index (χ2n) is 8.33. The van der Waals surface area contributed by atoms with Crippen LogP contribution in [0.3, 0.4) is 0 Å². The van der Waals surface area contributed by atoms with Crippen molar-refractivity contribution in [2.24, 2.45) is 0 Å². The first-order chi connectivity index (χ1) is 16.7. The van der Waals surface area contributed by atoms with Gasteiger partial charge in [0.2, 0.25) is 21.8 Å². The summed E-state index contributed by atoms with van der Waals surface area (Å²) in [5.41, 5.74) is 0.850. The molecule has 0 saturated heterocycles. The zero-order chi connectivity index (χ0) is 25.8. The van der Waals surface area contributed by atoms with E-state index in [0.717, 1.165) is 12.0 Å². The number of ether oxygens (including phenoxy) is 1. The Hall–Kier alpha value is -2.91. The minimum Gasteiger partial charge on any atom is -0.497 e. The second-order valence-corrected chi connectivity index (χ2v) is 10.4. The Morgan fingerprint density at radius 3 is 2.40 bits per heavy atom. The van der Waals surface area contributed by atoms with E-state index in [1.165, 1.54) is 11.4 Å². The van der Waals surface area contributed by atoms with Crippen LogP contribution in [0.25, 0.3) is 0 Å². The predicted octanol–water partition coefficient (Wildman–Crippen LogP) is 3.43. The summed E-state index contributed by atoms with van der Waals surface area (Å²) in [6, 6.07) is 15.0. The minimum absolute atomic E-state index is 0.121. The summed E-state index contributed by atoms with van der Waals surface area (Å²) in [4.78, 5) is 28.0. The molecule has 0 bridgehead atoms. The molecular weight excluding hydrogens is 466 g/mol. The van der Waals surface area contributed by atoms with Crippen molar-refractivity contribution in [2.75, 3.05) is 27.2 Å². The number of methoxy groups -OCH3 is 1. The van der Waals surface area contributed by atoms with Gasteiger partial charge in [-0.25, -0.2) is 12.7 Å². The predicted molar refractivity (Wildman–Crippen MR) is 136 cm³/mol. The highest BCUT2D eigenvalue weighted by atomic mass is 32.2. The topological polar surface area (TPSA) is 96.0 Å². The summed E-state index contributed by atoms with van der Waals surface area (Å²) in [7, 11) is -0.541. The Morgan fingerprint density at radius 1 is 1.06 bits per heavy atom. The summed E-state index contributed by atoms with van der Waals surface area (Å²) in [6.45, 7) is 4.84. The first-order valence-corrected chi connectivity index (χ1v) is 13.4. The number of nitrogens with zero attached hydrogens (tertiary/aromatic N) is 2. The number of carbonyl (C=O) groups is 2. The van der Waals surface area contributed by atoms with Crippen LogP contribution in [0.5, 0.6) is 5.75 Å². The maximum atomic E-state index is 13.3. The molecule has 2 amide bonds. The molecule has 0 fully saturated rings. The lowest BCUT2D eigenvalue weighted by Gasteiger charge is -2.31. The molecule has 2 rings (SSSR count). The molecule has 0 aliphatic carbocycles. The maximum absolute atomic E-state index is 13.3.